The Labute approximate surface area is 83.4 Å². The van der Waals surface area contributed by atoms with Gasteiger partial charge in [-0.05, 0) is 12.1 Å². The van der Waals surface area contributed by atoms with Crippen molar-refractivity contribution in [1.29, 1.82) is 0 Å². The van der Waals surface area contributed by atoms with E-state index in [-0.39, 0.29) is 5.97 Å². The summed E-state index contributed by atoms with van der Waals surface area (Å²) in [7, 11) is -1.18. The zero-order valence-electron chi connectivity index (χ0n) is 9.14. The van der Waals surface area contributed by atoms with E-state index in [4.69, 9.17) is 4.43 Å². The maximum absolute atomic E-state index is 10.8. The summed E-state index contributed by atoms with van der Waals surface area (Å²) in [4.78, 5) is 10.8. The van der Waals surface area contributed by atoms with Gasteiger partial charge in [0.25, 0.3) is 5.97 Å². The van der Waals surface area contributed by atoms with Crippen molar-refractivity contribution in [1.82, 2.24) is 0 Å². The van der Waals surface area contributed by atoms with Crippen LogP contribution < -0.4 is 0 Å². The molecule has 0 aliphatic rings. The van der Waals surface area contributed by atoms with Gasteiger partial charge in [0.2, 0.25) is 9.04 Å². The first-order valence-electron chi connectivity index (χ1n) is 5.37. The van der Waals surface area contributed by atoms with E-state index in [0.29, 0.717) is 0 Å². The van der Waals surface area contributed by atoms with Gasteiger partial charge >= 0.3 is 0 Å². The zero-order chi connectivity index (χ0) is 10.1. The Hall–Kier alpha value is -0.313. The van der Waals surface area contributed by atoms with Crippen LogP contribution in [-0.4, -0.2) is 15.0 Å². The van der Waals surface area contributed by atoms with Crippen LogP contribution in [0.4, 0.5) is 0 Å². The van der Waals surface area contributed by atoms with Crippen molar-refractivity contribution in [3.63, 3.8) is 0 Å². The summed E-state index contributed by atoms with van der Waals surface area (Å²) in [6.07, 6.45) is 4.84. The number of carbonyl (C=O) groups excluding carboxylic acids is 1. The third-order valence-corrected chi connectivity index (χ3v) is 4.86. The minimum Gasteiger partial charge on any atom is -0.522 e. The van der Waals surface area contributed by atoms with Crippen LogP contribution in [0.5, 0.6) is 0 Å². The van der Waals surface area contributed by atoms with Crippen LogP contribution in [0.2, 0.25) is 12.1 Å². The van der Waals surface area contributed by atoms with Gasteiger partial charge in [-0.3, -0.25) is 4.79 Å². The average Bonchev–Trinajstić information content (AvgIpc) is 2.09. The molecule has 78 valence electrons. The molecule has 0 aromatic rings. The molecule has 0 saturated heterocycles. The lowest BCUT2D eigenvalue weighted by Gasteiger charge is -2.14. The Bertz CT molecular complexity index is 129. The molecule has 0 unspecified atom stereocenters. The smallest absolute Gasteiger partial charge is 0.289 e. The number of rotatable bonds is 7. The molecule has 3 heteroatoms. The van der Waals surface area contributed by atoms with Crippen LogP contribution in [0.15, 0.2) is 0 Å². The van der Waals surface area contributed by atoms with Gasteiger partial charge in [0.1, 0.15) is 0 Å². The Balaban J connectivity index is 3.66. The van der Waals surface area contributed by atoms with Crippen molar-refractivity contribution in [2.75, 3.05) is 0 Å². The fourth-order valence-electron chi connectivity index (χ4n) is 1.36. The Morgan fingerprint density at radius 3 is 1.92 bits per heavy atom. The highest BCUT2D eigenvalue weighted by Crippen LogP contribution is 2.10. The summed E-state index contributed by atoms with van der Waals surface area (Å²) in [5.41, 5.74) is 0. The average molecular weight is 202 g/mol. The van der Waals surface area contributed by atoms with Gasteiger partial charge < -0.3 is 4.43 Å². The molecule has 0 fully saturated rings. The van der Waals surface area contributed by atoms with Crippen LogP contribution in [-0.2, 0) is 9.22 Å². The molecular formula is C10H22O2Si. The fraction of sp³-hybridized carbons (Fsp3) is 0.900. The summed E-state index contributed by atoms with van der Waals surface area (Å²) >= 11 is 0. The highest BCUT2D eigenvalue weighted by Gasteiger charge is 2.13. The summed E-state index contributed by atoms with van der Waals surface area (Å²) in [5.74, 6) is -0.0797. The SMILES string of the molecule is CCCC[SiH](CCCC)OC(C)=O. The quantitative estimate of drug-likeness (QED) is 0.593. The van der Waals surface area contributed by atoms with Crippen LogP contribution in [0.25, 0.3) is 0 Å². The first-order valence-corrected chi connectivity index (χ1v) is 7.48. The minimum atomic E-state index is -1.18. The molecule has 0 aromatic carbocycles. The third kappa shape index (κ3) is 8.03. The monoisotopic (exact) mass is 202 g/mol. The summed E-state index contributed by atoms with van der Waals surface area (Å²) in [6.45, 7) is 5.88. The molecule has 0 atom stereocenters. The lowest BCUT2D eigenvalue weighted by atomic mass is 10.4. The van der Waals surface area contributed by atoms with Crippen molar-refractivity contribution < 1.29 is 9.22 Å². The summed E-state index contributed by atoms with van der Waals surface area (Å²) < 4.78 is 5.35. The van der Waals surface area contributed by atoms with Crippen LogP contribution in [0, 0.1) is 0 Å². The fourth-order valence-corrected chi connectivity index (χ4v) is 4.08. The van der Waals surface area contributed by atoms with E-state index < -0.39 is 9.04 Å². The molecule has 0 aliphatic carbocycles. The molecule has 2 nitrogen and oxygen atoms in total. The molecule has 0 aromatic heterocycles. The van der Waals surface area contributed by atoms with Crippen LogP contribution in [0.1, 0.15) is 46.5 Å². The molecule has 0 radical (unpaired) electrons. The van der Waals surface area contributed by atoms with Crippen molar-refractivity contribution in [2.45, 2.75) is 58.5 Å². The van der Waals surface area contributed by atoms with E-state index in [0.717, 1.165) is 12.1 Å². The Kier molecular flexibility index (Phi) is 8.09. The Morgan fingerprint density at radius 2 is 1.62 bits per heavy atom. The number of carbonyl (C=O) groups is 1. The third-order valence-electron chi connectivity index (χ3n) is 2.09. The second-order valence-corrected chi connectivity index (χ2v) is 6.15. The van der Waals surface area contributed by atoms with Crippen LogP contribution >= 0.6 is 0 Å². The molecule has 0 spiro atoms. The lowest BCUT2D eigenvalue weighted by molar-refractivity contribution is -0.132. The van der Waals surface area contributed by atoms with E-state index in [2.05, 4.69) is 13.8 Å². The lowest BCUT2D eigenvalue weighted by Crippen LogP contribution is -2.20. The Morgan fingerprint density at radius 1 is 1.15 bits per heavy atom. The van der Waals surface area contributed by atoms with E-state index in [1.54, 1.807) is 0 Å². The van der Waals surface area contributed by atoms with Gasteiger partial charge in [-0.15, -0.1) is 0 Å². The van der Waals surface area contributed by atoms with Crippen molar-refractivity contribution >= 4 is 15.0 Å². The maximum Gasteiger partial charge on any atom is 0.289 e. The van der Waals surface area contributed by atoms with Crippen molar-refractivity contribution in [3.05, 3.63) is 0 Å². The largest absolute Gasteiger partial charge is 0.522 e. The number of hydrogen-bond acceptors (Lipinski definition) is 2. The van der Waals surface area contributed by atoms with Gasteiger partial charge in [-0.25, -0.2) is 0 Å². The van der Waals surface area contributed by atoms with E-state index in [9.17, 15) is 4.79 Å². The summed E-state index contributed by atoms with van der Waals surface area (Å²) in [6, 6.07) is 2.33. The normalized spacial score (nSPS) is 10.5. The summed E-state index contributed by atoms with van der Waals surface area (Å²) in [5, 5.41) is 0. The highest BCUT2D eigenvalue weighted by molar-refractivity contribution is 6.53. The van der Waals surface area contributed by atoms with Gasteiger partial charge in [0.05, 0.1) is 0 Å². The molecule has 0 amide bonds. The van der Waals surface area contributed by atoms with Crippen LogP contribution in [0.3, 0.4) is 0 Å². The molecule has 0 rings (SSSR count). The first-order chi connectivity index (χ1) is 6.20. The van der Waals surface area contributed by atoms with Gasteiger partial charge in [0.15, 0.2) is 0 Å². The number of unbranched alkanes of at least 4 members (excludes halogenated alkanes) is 2. The predicted molar refractivity (Wildman–Crippen MR) is 58.3 cm³/mol. The molecule has 0 bridgehead atoms. The highest BCUT2D eigenvalue weighted by atomic mass is 28.3. The van der Waals surface area contributed by atoms with Gasteiger partial charge in [-0.1, -0.05) is 39.5 Å². The molecular weight excluding hydrogens is 180 g/mol. The second-order valence-electron chi connectivity index (χ2n) is 3.52. The van der Waals surface area contributed by atoms with Gasteiger partial charge in [-0.2, -0.15) is 0 Å². The van der Waals surface area contributed by atoms with Gasteiger partial charge in [0, 0.05) is 6.92 Å². The molecule has 0 N–H and O–H groups in total. The first kappa shape index (κ1) is 12.7. The number of hydrogen-bond donors (Lipinski definition) is 0. The molecule has 0 saturated carbocycles. The van der Waals surface area contributed by atoms with E-state index >= 15 is 0 Å². The molecule has 0 heterocycles. The zero-order valence-corrected chi connectivity index (χ0v) is 10.3. The molecule has 0 aliphatic heterocycles. The minimum absolute atomic E-state index is 0.0797. The molecule has 13 heavy (non-hydrogen) atoms. The standard InChI is InChI=1S/C10H22O2Si/c1-4-6-8-13(9-7-5-2)12-10(3)11/h13H,4-9H2,1-3H3. The van der Waals surface area contributed by atoms with E-state index in [1.165, 1.54) is 32.6 Å². The van der Waals surface area contributed by atoms with Crippen molar-refractivity contribution in [2.24, 2.45) is 0 Å². The second kappa shape index (κ2) is 8.29. The van der Waals surface area contributed by atoms with E-state index in [1.807, 2.05) is 0 Å². The van der Waals surface area contributed by atoms with Crippen molar-refractivity contribution in [3.8, 4) is 0 Å². The predicted octanol–water partition coefficient (Wildman–Crippen LogP) is 2.87. The topological polar surface area (TPSA) is 26.3 Å². The maximum atomic E-state index is 10.8.